The second-order valence-corrected chi connectivity index (χ2v) is 6.72. The minimum atomic E-state index is 0.0367. The Morgan fingerprint density at radius 2 is 1.93 bits per heavy atom. The lowest BCUT2D eigenvalue weighted by Crippen LogP contribution is -2.44. The molecule has 3 heterocycles. The molecule has 28 heavy (non-hydrogen) atoms. The molecule has 2 aromatic heterocycles. The maximum atomic E-state index is 6.07. The first-order valence-electron chi connectivity index (χ1n) is 9.35. The van der Waals surface area contributed by atoms with Gasteiger partial charge in [0.2, 0.25) is 0 Å². The van der Waals surface area contributed by atoms with Crippen molar-refractivity contribution in [3.8, 4) is 11.3 Å². The molecular formula is C21H23N5O2. The van der Waals surface area contributed by atoms with E-state index in [-0.39, 0.29) is 5.92 Å². The van der Waals surface area contributed by atoms with Crippen LogP contribution in [0.25, 0.3) is 11.3 Å². The number of nitrogens with two attached hydrogens (primary N) is 1. The number of aliphatic imine (C=N–C) groups is 1. The maximum Gasteiger partial charge on any atom is 0.253 e. The lowest BCUT2D eigenvalue weighted by atomic mass is 9.99. The second kappa shape index (κ2) is 8.22. The van der Waals surface area contributed by atoms with Crippen LogP contribution in [-0.2, 0) is 4.74 Å². The predicted molar refractivity (Wildman–Crippen MR) is 107 cm³/mol. The number of ether oxygens (including phenoxy) is 1. The third-order valence-corrected chi connectivity index (χ3v) is 4.88. The average Bonchev–Trinajstić information content (AvgIpc) is 3.23. The van der Waals surface area contributed by atoms with Gasteiger partial charge in [-0.2, -0.15) is 4.99 Å². The van der Waals surface area contributed by atoms with Gasteiger partial charge in [0, 0.05) is 36.8 Å². The van der Waals surface area contributed by atoms with Gasteiger partial charge in [-0.15, -0.1) is 0 Å². The summed E-state index contributed by atoms with van der Waals surface area (Å²) in [6, 6.07) is 16.0. The van der Waals surface area contributed by atoms with E-state index >= 15 is 0 Å². The number of nitrogens with zero attached hydrogens (tertiary/aromatic N) is 4. The van der Waals surface area contributed by atoms with Crippen LogP contribution in [0.15, 0.2) is 64.2 Å². The van der Waals surface area contributed by atoms with Crippen LogP contribution >= 0.6 is 0 Å². The van der Waals surface area contributed by atoms with E-state index in [1.54, 1.807) is 0 Å². The highest BCUT2D eigenvalue weighted by atomic mass is 16.5. The molecule has 7 heteroatoms. The fraction of sp³-hybridized carbons (Fsp3) is 0.286. The number of hydrogen-bond acceptors (Lipinski definition) is 5. The fourth-order valence-electron chi connectivity index (χ4n) is 3.12. The Hall–Kier alpha value is -3.19. The summed E-state index contributed by atoms with van der Waals surface area (Å²) in [4.78, 5) is 10.9. The van der Waals surface area contributed by atoms with Crippen molar-refractivity contribution >= 4 is 11.8 Å². The zero-order valence-corrected chi connectivity index (χ0v) is 15.8. The van der Waals surface area contributed by atoms with Crippen molar-refractivity contribution in [1.29, 1.82) is 0 Å². The minimum absolute atomic E-state index is 0.0367. The quantitative estimate of drug-likeness (QED) is 0.555. The van der Waals surface area contributed by atoms with E-state index < -0.39 is 0 Å². The van der Waals surface area contributed by atoms with Gasteiger partial charge in [-0.1, -0.05) is 48.5 Å². The highest BCUT2D eigenvalue weighted by Gasteiger charge is 2.17. The molecule has 0 bridgehead atoms. The Kier molecular flexibility index (Phi) is 5.34. The molecule has 1 aliphatic heterocycles. The summed E-state index contributed by atoms with van der Waals surface area (Å²) < 4.78 is 10.7. The number of pyridine rings is 1. The van der Waals surface area contributed by atoms with E-state index in [1.807, 2.05) is 53.6 Å². The van der Waals surface area contributed by atoms with E-state index in [9.17, 15) is 0 Å². The molecule has 1 aromatic carbocycles. The van der Waals surface area contributed by atoms with Gasteiger partial charge in [0.1, 0.15) is 0 Å². The third-order valence-electron chi connectivity index (χ3n) is 4.88. The lowest BCUT2D eigenvalue weighted by Gasteiger charge is -2.27. The Morgan fingerprint density at radius 1 is 1.14 bits per heavy atom. The zero-order chi connectivity index (χ0) is 19.3. The third kappa shape index (κ3) is 4.04. The zero-order valence-electron chi connectivity index (χ0n) is 15.8. The predicted octanol–water partition coefficient (Wildman–Crippen LogP) is 3.17. The van der Waals surface area contributed by atoms with Crippen molar-refractivity contribution in [2.75, 3.05) is 26.3 Å². The fourth-order valence-corrected chi connectivity index (χ4v) is 3.12. The molecular weight excluding hydrogens is 354 g/mol. The minimum Gasteiger partial charge on any atom is -0.378 e. The van der Waals surface area contributed by atoms with Gasteiger partial charge in [0.25, 0.3) is 5.88 Å². The van der Waals surface area contributed by atoms with Gasteiger partial charge < -0.3 is 19.9 Å². The number of guanidine groups is 1. The van der Waals surface area contributed by atoms with Gasteiger partial charge in [0.15, 0.2) is 5.96 Å². The van der Waals surface area contributed by atoms with E-state index in [0.717, 1.165) is 35.6 Å². The first-order valence-corrected chi connectivity index (χ1v) is 9.35. The van der Waals surface area contributed by atoms with Crippen LogP contribution in [0, 0.1) is 0 Å². The smallest absolute Gasteiger partial charge is 0.253 e. The van der Waals surface area contributed by atoms with Crippen molar-refractivity contribution in [3.63, 3.8) is 0 Å². The van der Waals surface area contributed by atoms with Crippen LogP contribution in [0.3, 0.4) is 0 Å². The molecule has 1 saturated heterocycles. The molecule has 0 amide bonds. The van der Waals surface area contributed by atoms with Crippen LogP contribution < -0.4 is 5.73 Å². The van der Waals surface area contributed by atoms with Gasteiger partial charge in [0.05, 0.1) is 24.6 Å². The standard InChI is InChI=1S/C21H23N5O2/c1-15(17-7-8-18(23-14-17)16-5-3-2-4-6-16)19-13-20(28-25-19)24-21(22)26-9-11-27-12-10-26/h2-8,13-15H,9-12H2,1H3,(H2,22,24). The lowest BCUT2D eigenvalue weighted by molar-refractivity contribution is 0.0675. The summed E-state index contributed by atoms with van der Waals surface area (Å²) in [6.45, 7) is 4.83. The largest absolute Gasteiger partial charge is 0.378 e. The second-order valence-electron chi connectivity index (χ2n) is 6.72. The molecule has 2 N–H and O–H groups in total. The Bertz CT molecular complexity index is 931. The van der Waals surface area contributed by atoms with E-state index in [2.05, 4.69) is 28.1 Å². The first-order chi connectivity index (χ1) is 13.7. The number of aromatic nitrogens is 2. The molecule has 1 aliphatic rings. The number of rotatable bonds is 4. The molecule has 1 atom stereocenters. The Labute approximate surface area is 163 Å². The highest BCUT2D eigenvalue weighted by molar-refractivity contribution is 5.80. The van der Waals surface area contributed by atoms with Crippen molar-refractivity contribution in [3.05, 3.63) is 66.0 Å². The molecule has 0 saturated carbocycles. The summed E-state index contributed by atoms with van der Waals surface area (Å²) >= 11 is 0. The molecule has 1 unspecified atom stereocenters. The summed E-state index contributed by atoms with van der Waals surface area (Å²) in [5.41, 5.74) is 9.97. The molecule has 4 rings (SSSR count). The van der Waals surface area contributed by atoms with Gasteiger partial charge in [-0.25, -0.2) is 0 Å². The van der Waals surface area contributed by atoms with Crippen molar-refractivity contribution < 1.29 is 9.26 Å². The number of morpholine rings is 1. The van der Waals surface area contributed by atoms with Crippen LogP contribution in [0.4, 0.5) is 5.88 Å². The van der Waals surface area contributed by atoms with Crippen molar-refractivity contribution in [1.82, 2.24) is 15.0 Å². The summed E-state index contributed by atoms with van der Waals surface area (Å²) in [7, 11) is 0. The molecule has 0 radical (unpaired) electrons. The molecule has 3 aromatic rings. The van der Waals surface area contributed by atoms with Crippen LogP contribution in [0.5, 0.6) is 0 Å². The maximum absolute atomic E-state index is 6.07. The molecule has 144 valence electrons. The van der Waals surface area contributed by atoms with E-state index in [1.165, 1.54) is 0 Å². The molecule has 0 spiro atoms. The number of hydrogen-bond donors (Lipinski definition) is 1. The van der Waals surface area contributed by atoms with Gasteiger partial charge in [-0.05, 0) is 11.6 Å². The summed E-state index contributed by atoms with van der Waals surface area (Å²) in [6.07, 6.45) is 1.88. The highest BCUT2D eigenvalue weighted by Crippen LogP contribution is 2.27. The SMILES string of the molecule is CC(c1ccc(-c2ccccc2)nc1)c1cc(/N=C(\N)N2CCOCC2)on1. The van der Waals surface area contributed by atoms with Crippen LogP contribution in [0.1, 0.15) is 24.1 Å². The first kappa shape index (κ1) is 18.2. The van der Waals surface area contributed by atoms with Crippen molar-refractivity contribution in [2.24, 2.45) is 10.7 Å². The monoisotopic (exact) mass is 377 g/mol. The Balaban J connectivity index is 1.47. The average molecular weight is 377 g/mol. The van der Waals surface area contributed by atoms with E-state index in [0.29, 0.717) is 25.1 Å². The number of benzene rings is 1. The molecule has 0 aliphatic carbocycles. The van der Waals surface area contributed by atoms with Crippen LogP contribution in [0.2, 0.25) is 0 Å². The summed E-state index contributed by atoms with van der Waals surface area (Å²) in [5.74, 6) is 0.863. The molecule has 7 nitrogen and oxygen atoms in total. The van der Waals surface area contributed by atoms with Gasteiger partial charge in [-0.3, -0.25) is 4.98 Å². The van der Waals surface area contributed by atoms with Gasteiger partial charge >= 0.3 is 0 Å². The summed E-state index contributed by atoms with van der Waals surface area (Å²) in [5, 5.41) is 4.16. The molecule has 1 fully saturated rings. The van der Waals surface area contributed by atoms with Crippen molar-refractivity contribution in [2.45, 2.75) is 12.8 Å². The van der Waals surface area contributed by atoms with Crippen LogP contribution in [-0.4, -0.2) is 47.3 Å². The topological polar surface area (TPSA) is 89.8 Å². The normalized spacial score (nSPS) is 16.2. The van der Waals surface area contributed by atoms with E-state index in [4.69, 9.17) is 15.0 Å². The Morgan fingerprint density at radius 3 is 2.64 bits per heavy atom.